The highest BCUT2D eigenvalue weighted by Crippen LogP contribution is 2.20. The predicted molar refractivity (Wildman–Crippen MR) is 72.2 cm³/mol. The summed E-state index contributed by atoms with van der Waals surface area (Å²) in [6, 6.07) is 9.98. The van der Waals surface area contributed by atoms with Gasteiger partial charge in [0.1, 0.15) is 6.61 Å². The first kappa shape index (κ1) is 14.2. The van der Waals surface area contributed by atoms with Crippen LogP contribution in [0, 0.1) is 0 Å². The molecule has 4 heteroatoms. The van der Waals surface area contributed by atoms with Gasteiger partial charge < -0.3 is 10.1 Å². The number of halogens is 1. The average molecular weight is 300 g/mol. The van der Waals surface area contributed by atoms with Gasteiger partial charge in [-0.15, -0.1) is 0 Å². The van der Waals surface area contributed by atoms with Crippen LogP contribution >= 0.6 is 15.9 Å². The number of benzene rings is 1. The molecule has 17 heavy (non-hydrogen) atoms. The van der Waals surface area contributed by atoms with Crippen molar-refractivity contribution in [2.75, 3.05) is 13.2 Å². The normalized spacial score (nSPS) is 12.5. The van der Waals surface area contributed by atoms with Gasteiger partial charge in [0.15, 0.2) is 0 Å². The second-order valence-electron chi connectivity index (χ2n) is 4.04. The molecule has 1 aromatic rings. The van der Waals surface area contributed by atoms with Gasteiger partial charge in [-0.05, 0) is 19.4 Å². The SMILES string of the molecule is CC(C)OCC(=O)NCC(Br)c1ccccc1. The minimum Gasteiger partial charge on any atom is -0.369 e. The summed E-state index contributed by atoms with van der Waals surface area (Å²) < 4.78 is 5.21. The summed E-state index contributed by atoms with van der Waals surface area (Å²) in [5.74, 6) is -0.0842. The Bertz CT molecular complexity index is 341. The monoisotopic (exact) mass is 299 g/mol. The molecule has 94 valence electrons. The number of hydrogen-bond acceptors (Lipinski definition) is 2. The third-order valence-electron chi connectivity index (χ3n) is 2.19. The molecule has 0 aromatic heterocycles. The van der Waals surface area contributed by atoms with E-state index in [4.69, 9.17) is 4.74 Å². The van der Waals surface area contributed by atoms with Gasteiger partial charge in [-0.3, -0.25) is 4.79 Å². The summed E-state index contributed by atoms with van der Waals surface area (Å²) >= 11 is 3.54. The first-order valence-electron chi connectivity index (χ1n) is 5.67. The molecule has 1 N–H and O–H groups in total. The maximum Gasteiger partial charge on any atom is 0.246 e. The molecule has 0 bridgehead atoms. The van der Waals surface area contributed by atoms with Crippen LogP contribution in [0.5, 0.6) is 0 Å². The Morgan fingerprint density at radius 1 is 1.35 bits per heavy atom. The minimum absolute atomic E-state index is 0.0784. The summed E-state index contributed by atoms with van der Waals surface area (Å²) in [6.07, 6.45) is 0.0784. The molecule has 1 unspecified atom stereocenters. The lowest BCUT2D eigenvalue weighted by molar-refractivity contribution is -0.127. The summed E-state index contributed by atoms with van der Waals surface area (Å²) in [5.41, 5.74) is 1.15. The lowest BCUT2D eigenvalue weighted by Crippen LogP contribution is -2.31. The van der Waals surface area contributed by atoms with Gasteiger partial charge in [0, 0.05) is 6.54 Å². The van der Waals surface area contributed by atoms with E-state index in [9.17, 15) is 4.79 Å². The highest BCUT2D eigenvalue weighted by Gasteiger charge is 2.09. The lowest BCUT2D eigenvalue weighted by atomic mass is 10.1. The second-order valence-corrected chi connectivity index (χ2v) is 5.15. The standard InChI is InChI=1S/C13H18BrNO2/c1-10(2)17-9-13(16)15-8-12(14)11-6-4-3-5-7-11/h3-7,10,12H,8-9H2,1-2H3,(H,15,16). The Morgan fingerprint density at radius 3 is 2.59 bits per heavy atom. The van der Waals surface area contributed by atoms with E-state index >= 15 is 0 Å². The molecule has 0 radical (unpaired) electrons. The molecule has 1 atom stereocenters. The van der Waals surface area contributed by atoms with Gasteiger partial charge in [-0.25, -0.2) is 0 Å². The van der Waals surface area contributed by atoms with Gasteiger partial charge in [0.25, 0.3) is 0 Å². The molecule has 0 heterocycles. The molecular formula is C13H18BrNO2. The van der Waals surface area contributed by atoms with Crippen LogP contribution in [0.1, 0.15) is 24.2 Å². The third-order valence-corrected chi connectivity index (χ3v) is 3.04. The zero-order chi connectivity index (χ0) is 12.7. The number of ether oxygens (including phenoxy) is 1. The first-order chi connectivity index (χ1) is 8.09. The zero-order valence-electron chi connectivity index (χ0n) is 10.2. The first-order valence-corrected chi connectivity index (χ1v) is 6.58. The van der Waals surface area contributed by atoms with Gasteiger partial charge in [0.05, 0.1) is 10.9 Å². The lowest BCUT2D eigenvalue weighted by Gasteiger charge is -2.12. The van der Waals surface area contributed by atoms with Crippen LogP contribution < -0.4 is 5.32 Å². The molecule has 0 saturated heterocycles. The summed E-state index contributed by atoms with van der Waals surface area (Å²) in [7, 11) is 0. The van der Waals surface area contributed by atoms with Crippen molar-refractivity contribution >= 4 is 21.8 Å². The quantitative estimate of drug-likeness (QED) is 0.820. The van der Waals surface area contributed by atoms with Crippen molar-refractivity contribution in [1.29, 1.82) is 0 Å². The summed E-state index contributed by atoms with van der Waals surface area (Å²) in [4.78, 5) is 11.6. The summed E-state index contributed by atoms with van der Waals surface area (Å²) in [6.45, 7) is 4.49. The van der Waals surface area contributed by atoms with Crippen LogP contribution in [0.4, 0.5) is 0 Å². The van der Waals surface area contributed by atoms with Crippen molar-refractivity contribution in [2.24, 2.45) is 0 Å². The van der Waals surface area contributed by atoms with Crippen LogP contribution in [0.2, 0.25) is 0 Å². The largest absolute Gasteiger partial charge is 0.369 e. The van der Waals surface area contributed by atoms with Crippen LogP contribution in [0.15, 0.2) is 30.3 Å². The van der Waals surface area contributed by atoms with E-state index in [-0.39, 0.29) is 23.4 Å². The molecule has 1 rings (SSSR count). The number of carbonyl (C=O) groups is 1. The van der Waals surface area contributed by atoms with Crippen molar-refractivity contribution in [1.82, 2.24) is 5.32 Å². The minimum atomic E-state index is -0.0842. The molecule has 0 aliphatic rings. The topological polar surface area (TPSA) is 38.3 Å². The fourth-order valence-electron chi connectivity index (χ4n) is 1.28. The summed E-state index contributed by atoms with van der Waals surface area (Å²) in [5, 5.41) is 2.83. The van der Waals surface area contributed by atoms with E-state index < -0.39 is 0 Å². The van der Waals surface area contributed by atoms with E-state index in [0.717, 1.165) is 5.56 Å². The Balaban J connectivity index is 2.29. The number of carbonyl (C=O) groups excluding carboxylic acids is 1. The molecule has 1 aromatic carbocycles. The Labute approximate surface area is 111 Å². The van der Waals surface area contributed by atoms with Crippen molar-refractivity contribution in [3.63, 3.8) is 0 Å². The van der Waals surface area contributed by atoms with Crippen LogP contribution in [-0.2, 0) is 9.53 Å². The van der Waals surface area contributed by atoms with E-state index in [1.54, 1.807) is 0 Å². The van der Waals surface area contributed by atoms with Crippen molar-refractivity contribution in [3.05, 3.63) is 35.9 Å². The fourth-order valence-corrected chi connectivity index (χ4v) is 1.74. The van der Waals surface area contributed by atoms with Crippen molar-refractivity contribution in [2.45, 2.75) is 24.8 Å². The number of hydrogen-bond donors (Lipinski definition) is 1. The Kier molecular flexibility index (Phi) is 6.22. The smallest absolute Gasteiger partial charge is 0.246 e. The molecule has 0 aliphatic heterocycles. The Hall–Kier alpha value is -0.870. The van der Waals surface area contributed by atoms with Crippen molar-refractivity contribution < 1.29 is 9.53 Å². The highest BCUT2D eigenvalue weighted by atomic mass is 79.9. The number of alkyl halides is 1. The van der Waals surface area contributed by atoms with E-state index in [0.29, 0.717) is 6.54 Å². The fraction of sp³-hybridized carbons (Fsp3) is 0.462. The average Bonchev–Trinajstić information content (AvgIpc) is 2.34. The molecule has 1 amide bonds. The number of nitrogens with one attached hydrogen (secondary N) is 1. The van der Waals surface area contributed by atoms with E-state index in [2.05, 4.69) is 21.2 Å². The van der Waals surface area contributed by atoms with Gasteiger partial charge in [0.2, 0.25) is 5.91 Å². The molecule has 0 aliphatic carbocycles. The van der Waals surface area contributed by atoms with Crippen LogP contribution in [0.25, 0.3) is 0 Å². The predicted octanol–water partition coefficient (Wildman–Crippen LogP) is 2.66. The number of amides is 1. The highest BCUT2D eigenvalue weighted by molar-refractivity contribution is 9.09. The third kappa shape index (κ3) is 5.84. The molecular weight excluding hydrogens is 282 g/mol. The maximum atomic E-state index is 11.4. The van der Waals surface area contributed by atoms with Gasteiger partial charge >= 0.3 is 0 Å². The maximum absolute atomic E-state index is 11.4. The molecule has 0 spiro atoms. The number of rotatable bonds is 6. The van der Waals surface area contributed by atoms with Gasteiger partial charge in [-0.1, -0.05) is 46.3 Å². The van der Waals surface area contributed by atoms with Crippen LogP contribution in [0.3, 0.4) is 0 Å². The van der Waals surface area contributed by atoms with Gasteiger partial charge in [-0.2, -0.15) is 0 Å². The molecule has 0 saturated carbocycles. The second kappa shape index (κ2) is 7.45. The Morgan fingerprint density at radius 2 is 2.00 bits per heavy atom. The van der Waals surface area contributed by atoms with Crippen molar-refractivity contribution in [3.8, 4) is 0 Å². The van der Waals surface area contributed by atoms with E-state index in [1.807, 2.05) is 44.2 Å². The van der Waals surface area contributed by atoms with E-state index in [1.165, 1.54) is 0 Å². The van der Waals surface area contributed by atoms with Crippen LogP contribution in [-0.4, -0.2) is 25.2 Å². The zero-order valence-corrected chi connectivity index (χ0v) is 11.7. The molecule has 3 nitrogen and oxygen atoms in total. The molecule has 0 fully saturated rings.